The van der Waals surface area contributed by atoms with Gasteiger partial charge in [0.15, 0.2) is 0 Å². The van der Waals surface area contributed by atoms with Crippen molar-refractivity contribution in [1.29, 1.82) is 0 Å². The molecular weight excluding hydrogens is 336 g/mol. The molecule has 0 saturated heterocycles. The molecule has 0 rings (SSSR count). The Labute approximate surface area is 157 Å². The molecule has 0 heterocycles. The highest BCUT2D eigenvalue weighted by Gasteiger charge is 2.09. The first-order chi connectivity index (χ1) is 11.9. The number of hydrogen-bond acceptors (Lipinski definition) is 4. The van der Waals surface area contributed by atoms with Gasteiger partial charge < -0.3 is 14.9 Å². The van der Waals surface area contributed by atoms with Gasteiger partial charge in [0.25, 0.3) is 0 Å². The Bertz CT molecular complexity index is 443. The Balaban J connectivity index is -0.000000364. The Morgan fingerprint density at radius 1 is 0.885 bits per heavy atom. The molecule has 1 atom stereocenters. The zero-order valence-electron chi connectivity index (χ0n) is 16.8. The summed E-state index contributed by atoms with van der Waals surface area (Å²) < 4.78 is 5.12. The van der Waals surface area contributed by atoms with E-state index >= 15 is 0 Å². The van der Waals surface area contributed by atoms with E-state index in [9.17, 15) is 14.4 Å². The maximum absolute atomic E-state index is 11.1. The van der Waals surface area contributed by atoms with E-state index in [4.69, 9.17) is 14.9 Å². The summed E-state index contributed by atoms with van der Waals surface area (Å²) in [5, 5.41) is 15.8. The van der Waals surface area contributed by atoms with Crippen molar-refractivity contribution < 1.29 is 29.3 Å². The summed E-state index contributed by atoms with van der Waals surface area (Å²) >= 11 is 0. The molecule has 0 aliphatic rings. The van der Waals surface area contributed by atoms with Gasteiger partial charge in [-0.05, 0) is 33.1 Å². The molecule has 26 heavy (non-hydrogen) atoms. The maximum Gasteiger partial charge on any atom is 0.333 e. The first-order valence-electron chi connectivity index (χ1n) is 8.50. The molecule has 0 aromatic heterocycles. The molecule has 6 nitrogen and oxygen atoms in total. The van der Waals surface area contributed by atoms with Gasteiger partial charge in [0.2, 0.25) is 0 Å². The Morgan fingerprint density at radius 2 is 1.27 bits per heavy atom. The number of hydrogen-bond donors (Lipinski definition) is 2. The Kier molecular flexibility index (Phi) is 19.1. The first-order valence-corrected chi connectivity index (χ1v) is 8.50. The van der Waals surface area contributed by atoms with Crippen LogP contribution in [0.2, 0.25) is 0 Å². The van der Waals surface area contributed by atoms with Gasteiger partial charge in [-0.15, -0.1) is 0 Å². The van der Waals surface area contributed by atoms with E-state index in [1.807, 2.05) is 0 Å². The van der Waals surface area contributed by atoms with Crippen LogP contribution in [0, 0.1) is 5.92 Å². The number of carboxylic acids is 2. The number of esters is 1. The minimum atomic E-state index is -0.935. The van der Waals surface area contributed by atoms with E-state index in [0.717, 1.165) is 12.8 Å². The second kappa shape index (κ2) is 17.5. The SMILES string of the molecule is C=C(C)C(=O)O.C=C(C)C(=O)O.C=C(C)C(=O)OCC(CC)CCCC. The fourth-order valence-electron chi connectivity index (χ4n) is 1.21. The number of carbonyl (C=O) groups is 3. The highest BCUT2D eigenvalue weighted by molar-refractivity contribution is 5.87. The maximum atomic E-state index is 11.1. The van der Waals surface area contributed by atoms with Gasteiger partial charge in [0.05, 0.1) is 6.61 Å². The predicted octanol–water partition coefficient (Wildman–Crippen LogP) is 4.62. The lowest BCUT2D eigenvalue weighted by atomic mass is 10.0. The normalized spacial score (nSPS) is 10.0. The van der Waals surface area contributed by atoms with Gasteiger partial charge in [-0.1, -0.05) is 52.8 Å². The lowest BCUT2D eigenvalue weighted by Gasteiger charge is -2.14. The molecule has 0 spiro atoms. The minimum absolute atomic E-state index is 0.176. The van der Waals surface area contributed by atoms with Crippen LogP contribution >= 0.6 is 0 Å². The number of unbranched alkanes of at least 4 members (excludes halogenated alkanes) is 1. The average Bonchev–Trinajstić information content (AvgIpc) is 2.55. The van der Waals surface area contributed by atoms with Crippen LogP contribution in [0.1, 0.15) is 60.3 Å². The molecule has 0 fully saturated rings. The van der Waals surface area contributed by atoms with E-state index in [0.29, 0.717) is 18.1 Å². The van der Waals surface area contributed by atoms with Crippen molar-refractivity contribution in [2.75, 3.05) is 6.61 Å². The van der Waals surface area contributed by atoms with Gasteiger partial charge in [-0.3, -0.25) is 0 Å². The van der Waals surface area contributed by atoms with Crippen LogP contribution in [-0.4, -0.2) is 34.7 Å². The van der Waals surface area contributed by atoms with Gasteiger partial charge >= 0.3 is 17.9 Å². The van der Waals surface area contributed by atoms with Crippen LogP contribution in [0.5, 0.6) is 0 Å². The molecule has 150 valence electrons. The van der Waals surface area contributed by atoms with Gasteiger partial charge in [-0.2, -0.15) is 0 Å². The Hall–Kier alpha value is -2.37. The third kappa shape index (κ3) is 21.6. The summed E-state index contributed by atoms with van der Waals surface area (Å²) in [5.41, 5.74) is 0.834. The van der Waals surface area contributed by atoms with Crippen LogP contribution < -0.4 is 0 Å². The third-order valence-electron chi connectivity index (χ3n) is 3.07. The quantitative estimate of drug-likeness (QED) is 0.454. The van der Waals surface area contributed by atoms with E-state index < -0.39 is 11.9 Å². The molecule has 0 aromatic rings. The monoisotopic (exact) mass is 370 g/mol. The molecule has 0 radical (unpaired) electrons. The molecule has 0 aromatic carbocycles. The van der Waals surface area contributed by atoms with Crippen LogP contribution in [0.4, 0.5) is 0 Å². The van der Waals surface area contributed by atoms with Crippen LogP contribution in [-0.2, 0) is 19.1 Å². The molecular formula is C20H34O6. The third-order valence-corrected chi connectivity index (χ3v) is 3.07. The first kappa shape index (κ1) is 28.4. The number of rotatable bonds is 9. The summed E-state index contributed by atoms with van der Waals surface area (Å²) in [6, 6.07) is 0. The molecule has 6 heteroatoms. The summed E-state index contributed by atoms with van der Waals surface area (Å²) in [5.74, 6) is -1.62. The van der Waals surface area contributed by atoms with Crippen molar-refractivity contribution in [3.05, 3.63) is 36.5 Å². The minimum Gasteiger partial charge on any atom is -0.478 e. The number of carboxylic acid groups (broad SMARTS) is 2. The zero-order chi connectivity index (χ0) is 21.3. The standard InChI is InChI=1S/C12H22O2.2C4H6O2/c1-5-7-8-11(6-2)9-14-12(13)10(3)4;2*1-3(2)4(5)6/h11H,3,5-9H2,1-2,4H3;2*1H2,2H3,(H,5,6). The van der Waals surface area contributed by atoms with Crippen molar-refractivity contribution in [3.8, 4) is 0 Å². The lowest BCUT2D eigenvalue weighted by Crippen LogP contribution is -2.14. The molecule has 0 amide bonds. The van der Waals surface area contributed by atoms with Crippen molar-refractivity contribution in [3.63, 3.8) is 0 Å². The number of carbonyl (C=O) groups excluding carboxylic acids is 1. The van der Waals surface area contributed by atoms with E-state index in [1.54, 1.807) is 6.92 Å². The largest absolute Gasteiger partial charge is 0.478 e. The second-order valence-corrected chi connectivity index (χ2v) is 5.97. The van der Waals surface area contributed by atoms with E-state index in [1.165, 1.54) is 26.7 Å². The van der Waals surface area contributed by atoms with Crippen LogP contribution in [0.3, 0.4) is 0 Å². The lowest BCUT2D eigenvalue weighted by molar-refractivity contribution is -0.140. The summed E-state index contributed by atoms with van der Waals surface area (Å²) in [6.45, 7) is 19.3. The van der Waals surface area contributed by atoms with Crippen molar-refractivity contribution in [2.24, 2.45) is 5.92 Å². The number of ether oxygens (including phenoxy) is 1. The van der Waals surface area contributed by atoms with Gasteiger partial charge in [0.1, 0.15) is 0 Å². The second-order valence-electron chi connectivity index (χ2n) is 5.97. The van der Waals surface area contributed by atoms with Crippen LogP contribution in [0.15, 0.2) is 36.5 Å². The smallest absolute Gasteiger partial charge is 0.333 e. The van der Waals surface area contributed by atoms with Crippen molar-refractivity contribution >= 4 is 17.9 Å². The van der Waals surface area contributed by atoms with Gasteiger partial charge in [-0.25, -0.2) is 14.4 Å². The fraction of sp³-hybridized carbons (Fsp3) is 0.550. The van der Waals surface area contributed by atoms with Crippen LogP contribution in [0.25, 0.3) is 0 Å². The average molecular weight is 370 g/mol. The predicted molar refractivity (Wildman–Crippen MR) is 104 cm³/mol. The topological polar surface area (TPSA) is 101 Å². The molecule has 0 bridgehead atoms. The molecule has 0 aliphatic carbocycles. The van der Waals surface area contributed by atoms with Crippen molar-refractivity contribution in [2.45, 2.75) is 60.3 Å². The number of aliphatic carboxylic acids is 2. The van der Waals surface area contributed by atoms with E-state index in [-0.39, 0.29) is 17.1 Å². The zero-order valence-corrected chi connectivity index (χ0v) is 16.8. The fourth-order valence-corrected chi connectivity index (χ4v) is 1.21. The van der Waals surface area contributed by atoms with Crippen molar-refractivity contribution in [1.82, 2.24) is 0 Å². The molecule has 2 N–H and O–H groups in total. The van der Waals surface area contributed by atoms with E-state index in [2.05, 4.69) is 33.6 Å². The summed E-state index contributed by atoms with van der Waals surface area (Å²) in [7, 11) is 0. The molecule has 0 saturated carbocycles. The Morgan fingerprint density at radius 3 is 1.50 bits per heavy atom. The van der Waals surface area contributed by atoms with Gasteiger partial charge in [0, 0.05) is 16.7 Å². The highest BCUT2D eigenvalue weighted by Crippen LogP contribution is 2.13. The summed E-state index contributed by atoms with van der Waals surface area (Å²) in [4.78, 5) is 30.3. The summed E-state index contributed by atoms with van der Waals surface area (Å²) in [6.07, 6.45) is 4.63. The molecule has 0 aliphatic heterocycles. The highest BCUT2D eigenvalue weighted by atomic mass is 16.5. The molecule has 1 unspecified atom stereocenters.